The average Bonchev–Trinajstić information content (AvgIpc) is 3.41. The molecule has 3 N–H and O–H groups in total. The Morgan fingerprint density at radius 2 is 1.77 bits per heavy atom. The second kappa shape index (κ2) is 10.6. The van der Waals surface area contributed by atoms with Gasteiger partial charge in [0.15, 0.2) is 0 Å². The van der Waals surface area contributed by atoms with Gasteiger partial charge in [-0.05, 0) is 49.6 Å². The number of imide groups is 1. The van der Waals surface area contributed by atoms with Crippen LogP contribution < -0.4 is 10.6 Å². The monoisotopic (exact) mass is 582 g/mol. The van der Waals surface area contributed by atoms with Crippen molar-refractivity contribution >= 4 is 59.2 Å². The molecule has 0 saturated carbocycles. The number of nitrogens with zero attached hydrogens (tertiary/aromatic N) is 2. The van der Waals surface area contributed by atoms with Crippen LogP contribution in [-0.4, -0.2) is 73.4 Å². The molecule has 5 rings (SSSR count). The van der Waals surface area contributed by atoms with E-state index in [0.29, 0.717) is 22.6 Å². The van der Waals surface area contributed by atoms with Gasteiger partial charge in [-0.25, -0.2) is 9.59 Å². The van der Waals surface area contributed by atoms with Crippen molar-refractivity contribution in [1.29, 1.82) is 0 Å². The lowest BCUT2D eigenvalue weighted by Crippen LogP contribution is -2.71. The zero-order valence-corrected chi connectivity index (χ0v) is 23.2. The summed E-state index contributed by atoms with van der Waals surface area (Å²) in [7, 11) is 0. The molecule has 0 aromatic heterocycles. The number of carboxylic acids is 1. The first-order chi connectivity index (χ1) is 19.0. The lowest BCUT2D eigenvalue weighted by Gasteiger charge is -2.44. The molecule has 10 nitrogen and oxygen atoms in total. The van der Waals surface area contributed by atoms with Gasteiger partial charge < -0.3 is 20.6 Å². The van der Waals surface area contributed by atoms with Crippen molar-refractivity contribution in [3.8, 4) is 0 Å². The van der Waals surface area contributed by atoms with Gasteiger partial charge in [0.1, 0.15) is 23.5 Å². The lowest BCUT2D eigenvalue weighted by molar-refractivity contribution is -0.161. The smallest absolute Gasteiger partial charge is 0.327 e. The number of benzene rings is 2. The lowest BCUT2D eigenvalue weighted by atomic mass is 9.95. The zero-order valence-electron chi connectivity index (χ0n) is 21.7. The molecule has 40 heavy (non-hydrogen) atoms. The number of hydrogen-bond acceptors (Lipinski definition) is 6. The van der Waals surface area contributed by atoms with E-state index in [9.17, 15) is 29.1 Å². The first kappa shape index (κ1) is 27.7. The predicted octanol–water partition coefficient (Wildman–Crippen LogP) is 3.04. The molecule has 4 atom stereocenters. The maximum Gasteiger partial charge on any atom is 0.327 e. The zero-order chi connectivity index (χ0) is 28.8. The van der Waals surface area contributed by atoms with E-state index < -0.39 is 58.0 Å². The fourth-order valence-corrected chi connectivity index (χ4v) is 6.98. The minimum atomic E-state index is -1.19. The largest absolute Gasteiger partial charge is 0.480 e. The number of carbonyl (C=O) groups is 5. The fraction of sp³-hybridized carbons (Fsp3) is 0.321. The number of aliphatic carboxylic acids is 1. The first-order valence-electron chi connectivity index (χ1n) is 12.6. The molecule has 0 aliphatic carbocycles. The summed E-state index contributed by atoms with van der Waals surface area (Å²) in [6, 6.07) is 11.6. The van der Waals surface area contributed by atoms with Crippen LogP contribution in [-0.2, 0) is 19.2 Å². The standard InChI is InChI=1S/C28H27ClN4O6S/c1-28(2)21(26(37)38)33-24(36)20(25(33)40-28)30-22(34)19(16-6-4-3-5-7-16)31-27(39)32-13-12-17(23(32)35)14-15-8-10-18(29)11-9-15/h3-11,14,19-21,25H,12-13H2,1-2H3,(H,30,34)(H,31,39)(H,37,38)/t19?,20-,21+,25-/m1/s1. The molecule has 3 saturated heterocycles. The SMILES string of the molecule is CC1(C)S[C@@H]2[C@H](NC(=O)C(NC(=O)N3CCC(=Cc4ccc(Cl)cc4)C3=O)c3ccccc3)C(=O)N2[C@H]1C(=O)O. The molecule has 2 aromatic carbocycles. The molecule has 208 valence electrons. The number of halogens is 1. The van der Waals surface area contributed by atoms with Crippen molar-refractivity contribution in [3.63, 3.8) is 0 Å². The van der Waals surface area contributed by atoms with E-state index in [1.807, 2.05) is 0 Å². The minimum absolute atomic E-state index is 0.146. The molecule has 3 aliphatic rings. The van der Waals surface area contributed by atoms with Gasteiger partial charge in [-0.1, -0.05) is 54.1 Å². The van der Waals surface area contributed by atoms with Crippen molar-refractivity contribution in [1.82, 2.24) is 20.4 Å². The molecular weight excluding hydrogens is 556 g/mol. The van der Waals surface area contributed by atoms with Crippen LogP contribution in [0.2, 0.25) is 5.02 Å². The summed E-state index contributed by atoms with van der Waals surface area (Å²) in [6.45, 7) is 3.64. The fourth-order valence-electron chi connectivity index (χ4n) is 5.23. The minimum Gasteiger partial charge on any atom is -0.480 e. The summed E-state index contributed by atoms with van der Waals surface area (Å²) in [5.74, 6) is -2.70. The summed E-state index contributed by atoms with van der Waals surface area (Å²) < 4.78 is -0.744. The number of amides is 5. The number of thioether (sulfide) groups is 1. The van der Waals surface area contributed by atoms with Crippen LogP contribution in [0.15, 0.2) is 60.2 Å². The average molecular weight is 583 g/mol. The maximum absolute atomic E-state index is 13.5. The summed E-state index contributed by atoms with van der Waals surface area (Å²) >= 11 is 7.24. The Balaban J connectivity index is 1.31. The van der Waals surface area contributed by atoms with Crippen molar-refractivity contribution in [2.24, 2.45) is 0 Å². The number of fused-ring (bicyclic) bond motifs is 1. The van der Waals surface area contributed by atoms with E-state index in [2.05, 4.69) is 10.6 Å². The topological polar surface area (TPSA) is 136 Å². The third-order valence-electron chi connectivity index (χ3n) is 7.22. The summed E-state index contributed by atoms with van der Waals surface area (Å²) in [5.41, 5.74) is 1.68. The number of nitrogens with one attached hydrogen (secondary N) is 2. The normalized spacial score (nSPS) is 24.9. The highest BCUT2D eigenvalue weighted by Crippen LogP contribution is 2.50. The van der Waals surface area contributed by atoms with E-state index in [1.165, 1.54) is 16.7 Å². The Morgan fingerprint density at radius 3 is 2.42 bits per heavy atom. The van der Waals surface area contributed by atoms with Crippen LogP contribution in [0.4, 0.5) is 4.79 Å². The highest BCUT2D eigenvalue weighted by Gasteiger charge is 2.64. The van der Waals surface area contributed by atoms with Gasteiger partial charge in [0.05, 0.1) is 0 Å². The second-order valence-corrected chi connectivity index (χ2v) is 12.5. The molecule has 5 amide bonds. The van der Waals surface area contributed by atoms with Crippen LogP contribution in [0.1, 0.15) is 37.4 Å². The third-order valence-corrected chi connectivity index (χ3v) is 9.04. The molecule has 0 bridgehead atoms. The summed E-state index contributed by atoms with van der Waals surface area (Å²) in [5, 5.41) is 15.0. The van der Waals surface area contributed by atoms with Crippen LogP contribution in [0.5, 0.6) is 0 Å². The van der Waals surface area contributed by atoms with Gasteiger partial charge in [-0.2, -0.15) is 0 Å². The van der Waals surface area contributed by atoms with Crippen LogP contribution in [0.25, 0.3) is 6.08 Å². The highest BCUT2D eigenvalue weighted by molar-refractivity contribution is 8.01. The third kappa shape index (κ3) is 5.06. The Labute approximate surface area is 239 Å². The van der Waals surface area contributed by atoms with Gasteiger partial charge in [0, 0.05) is 21.9 Å². The number of hydrogen-bond donors (Lipinski definition) is 3. The Hall–Kier alpha value is -3.83. The van der Waals surface area contributed by atoms with Crippen molar-refractivity contribution in [2.75, 3.05) is 6.54 Å². The van der Waals surface area contributed by atoms with E-state index >= 15 is 0 Å². The number of carbonyl (C=O) groups excluding carboxylic acids is 4. The number of urea groups is 1. The number of likely N-dealkylation sites (tertiary alicyclic amines) is 1. The predicted molar refractivity (Wildman–Crippen MR) is 149 cm³/mol. The molecule has 3 heterocycles. The molecule has 3 aliphatic heterocycles. The molecule has 2 aromatic rings. The number of carboxylic acid groups (broad SMARTS) is 1. The molecular formula is C28H27ClN4O6S. The highest BCUT2D eigenvalue weighted by atomic mass is 35.5. The van der Waals surface area contributed by atoms with Crippen molar-refractivity contribution in [3.05, 3.63) is 76.3 Å². The summed E-state index contributed by atoms with van der Waals surface area (Å²) in [6.07, 6.45) is 2.05. The van der Waals surface area contributed by atoms with Gasteiger partial charge in [-0.3, -0.25) is 19.3 Å². The van der Waals surface area contributed by atoms with Crippen molar-refractivity contribution in [2.45, 2.75) is 48.5 Å². The maximum atomic E-state index is 13.5. The van der Waals surface area contributed by atoms with Gasteiger partial charge in [0.2, 0.25) is 11.8 Å². The quantitative estimate of drug-likeness (QED) is 0.352. The van der Waals surface area contributed by atoms with Crippen LogP contribution in [0, 0.1) is 0 Å². The van der Waals surface area contributed by atoms with Gasteiger partial charge in [-0.15, -0.1) is 11.8 Å². The molecule has 1 unspecified atom stereocenters. The molecule has 3 fully saturated rings. The second-order valence-electron chi connectivity index (χ2n) is 10.3. The summed E-state index contributed by atoms with van der Waals surface area (Å²) in [4.78, 5) is 66.8. The number of β-lactam (4-membered cyclic amide) rings is 1. The van der Waals surface area contributed by atoms with E-state index in [1.54, 1.807) is 74.5 Å². The van der Waals surface area contributed by atoms with E-state index in [-0.39, 0.29) is 6.54 Å². The first-order valence-corrected chi connectivity index (χ1v) is 13.9. The van der Waals surface area contributed by atoms with Gasteiger partial charge >= 0.3 is 12.0 Å². The Morgan fingerprint density at radius 1 is 1.10 bits per heavy atom. The molecule has 0 radical (unpaired) electrons. The Bertz CT molecular complexity index is 1410. The number of rotatable bonds is 6. The van der Waals surface area contributed by atoms with Crippen LogP contribution in [0.3, 0.4) is 0 Å². The van der Waals surface area contributed by atoms with E-state index in [4.69, 9.17) is 11.6 Å². The van der Waals surface area contributed by atoms with E-state index in [0.717, 1.165) is 10.5 Å². The van der Waals surface area contributed by atoms with Gasteiger partial charge in [0.25, 0.3) is 5.91 Å². The molecule has 0 spiro atoms. The molecule has 12 heteroatoms. The Kier molecular flexibility index (Phi) is 7.36. The van der Waals surface area contributed by atoms with Crippen LogP contribution >= 0.6 is 23.4 Å². The van der Waals surface area contributed by atoms with Crippen molar-refractivity contribution < 1.29 is 29.1 Å².